The SMILES string of the molecule is CCOc1ccc(NC(=O)CNC(=O)c2ccc3c(c2)C(=O)c2ccccc2-3)cc1. The van der Waals surface area contributed by atoms with Gasteiger partial charge in [-0.15, -0.1) is 0 Å². The standard InChI is InChI=1S/C24H20N2O4/c1-2-30-17-10-8-16(9-11-17)26-22(27)14-25-24(29)15-7-12-19-18-5-3-4-6-20(18)23(28)21(19)13-15/h3-13H,2,14H2,1H3,(H,25,29)(H,26,27). The average molecular weight is 400 g/mol. The summed E-state index contributed by atoms with van der Waals surface area (Å²) < 4.78 is 5.36. The zero-order valence-corrected chi connectivity index (χ0v) is 16.4. The molecule has 0 radical (unpaired) electrons. The van der Waals surface area contributed by atoms with Gasteiger partial charge in [0.1, 0.15) is 5.75 Å². The molecule has 3 aromatic rings. The van der Waals surface area contributed by atoms with Gasteiger partial charge < -0.3 is 15.4 Å². The van der Waals surface area contributed by atoms with Crippen molar-refractivity contribution in [1.82, 2.24) is 5.32 Å². The van der Waals surface area contributed by atoms with Gasteiger partial charge in [0.15, 0.2) is 5.78 Å². The lowest BCUT2D eigenvalue weighted by Crippen LogP contribution is -2.32. The van der Waals surface area contributed by atoms with Crippen LogP contribution >= 0.6 is 0 Å². The molecule has 0 heterocycles. The van der Waals surface area contributed by atoms with Crippen LogP contribution in [-0.2, 0) is 4.79 Å². The normalized spacial score (nSPS) is 11.4. The number of anilines is 1. The van der Waals surface area contributed by atoms with E-state index in [0.29, 0.717) is 29.0 Å². The van der Waals surface area contributed by atoms with Crippen molar-refractivity contribution < 1.29 is 19.1 Å². The van der Waals surface area contributed by atoms with Gasteiger partial charge in [0, 0.05) is 22.4 Å². The summed E-state index contributed by atoms with van der Waals surface area (Å²) in [6, 6.07) is 19.4. The van der Waals surface area contributed by atoms with Crippen LogP contribution in [0.25, 0.3) is 11.1 Å². The number of carbonyl (C=O) groups excluding carboxylic acids is 3. The maximum Gasteiger partial charge on any atom is 0.251 e. The van der Waals surface area contributed by atoms with Crippen molar-refractivity contribution in [2.75, 3.05) is 18.5 Å². The van der Waals surface area contributed by atoms with Crippen LogP contribution in [-0.4, -0.2) is 30.7 Å². The van der Waals surface area contributed by atoms with Crippen molar-refractivity contribution in [2.45, 2.75) is 6.92 Å². The predicted molar refractivity (Wildman–Crippen MR) is 114 cm³/mol. The summed E-state index contributed by atoms with van der Waals surface area (Å²) in [5, 5.41) is 5.31. The molecule has 3 aromatic carbocycles. The Morgan fingerprint density at radius 2 is 1.57 bits per heavy atom. The van der Waals surface area contributed by atoms with Crippen molar-refractivity contribution in [3.05, 3.63) is 83.4 Å². The minimum absolute atomic E-state index is 0.0940. The van der Waals surface area contributed by atoms with Crippen LogP contribution in [0.1, 0.15) is 33.2 Å². The fourth-order valence-electron chi connectivity index (χ4n) is 3.44. The molecule has 0 aromatic heterocycles. The molecular formula is C24H20N2O4. The first-order valence-corrected chi connectivity index (χ1v) is 9.66. The van der Waals surface area contributed by atoms with Gasteiger partial charge in [0.05, 0.1) is 13.2 Å². The second-order valence-corrected chi connectivity index (χ2v) is 6.82. The van der Waals surface area contributed by atoms with Gasteiger partial charge in [0.2, 0.25) is 5.91 Å². The van der Waals surface area contributed by atoms with Gasteiger partial charge in [-0.25, -0.2) is 0 Å². The fraction of sp³-hybridized carbons (Fsp3) is 0.125. The van der Waals surface area contributed by atoms with Crippen molar-refractivity contribution >= 4 is 23.3 Å². The molecule has 2 amide bonds. The van der Waals surface area contributed by atoms with Gasteiger partial charge in [0.25, 0.3) is 5.91 Å². The van der Waals surface area contributed by atoms with Crippen LogP contribution in [0, 0.1) is 0 Å². The maximum atomic E-state index is 12.6. The number of ether oxygens (including phenoxy) is 1. The zero-order chi connectivity index (χ0) is 21.1. The minimum atomic E-state index is -0.414. The summed E-state index contributed by atoms with van der Waals surface area (Å²) in [5.74, 6) is -0.138. The van der Waals surface area contributed by atoms with Crippen LogP contribution in [0.3, 0.4) is 0 Å². The summed E-state index contributed by atoms with van der Waals surface area (Å²) >= 11 is 0. The number of rotatable bonds is 6. The third kappa shape index (κ3) is 3.80. The highest BCUT2D eigenvalue weighted by molar-refractivity contribution is 6.22. The summed E-state index contributed by atoms with van der Waals surface area (Å²) in [5.41, 5.74) is 3.78. The molecule has 6 heteroatoms. The number of hydrogen-bond donors (Lipinski definition) is 2. The molecule has 150 valence electrons. The molecule has 4 rings (SSSR count). The third-order valence-electron chi connectivity index (χ3n) is 4.85. The van der Waals surface area contributed by atoms with E-state index in [-0.39, 0.29) is 18.2 Å². The smallest absolute Gasteiger partial charge is 0.251 e. The molecule has 1 aliphatic rings. The molecule has 0 unspecified atom stereocenters. The van der Waals surface area contributed by atoms with Crippen molar-refractivity contribution in [1.29, 1.82) is 0 Å². The first kappa shape index (κ1) is 19.4. The molecule has 2 N–H and O–H groups in total. The minimum Gasteiger partial charge on any atom is -0.494 e. The summed E-state index contributed by atoms with van der Waals surface area (Å²) in [6.07, 6.45) is 0. The van der Waals surface area contributed by atoms with E-state index in [0.717, 1.165) is 16.9 Å². The van der Waals surface area contributed by atoms with E-state index < -0.39 is 5.91 Å². The second-order valence-electron chi connectivity index (χ2n) is 6.82. The van der Waals surface area contributed by atoms with Crippen LogP contribution in [0.2, 0.25) is 0 Å². The van der Waals surface area contributed by atoms with E-state index in [1.807, 2.05) is 25.1 Å². The number of amides is 2. The van der Waals surface area contributed by atoms with Crippen molar-refractivity contribution in [3.63, 3.8) is 0 Å². The third-order valence-corrected chi connectivity index (χ3v) is 4.85. The number of carbonyl (C=O) groups is 3. The molecule has 30 heavy (non-hydrogen) atoms. The predicted octanol–water partition coefficient (Wildman–Crippen LogP) is 3.67. The molecular weight excluding hydrogens is 380 g/mol. The molecule has 0 bridgehead atoms. The Bertz CT molecular complexity index is 1140. The Labute approximate surface area is 173 Å². The van der Waals surface area contributed by atoms with Gasteiger partial charge in [-0.1, -0.05) is 30.3 Å². The number of hydrogen-bond acceptors (Lipinski definition) is 4. The second kappa shape index (κ2) is 8.21. The summed E-state index contributed by atoms with van der Waals surface area (Å²) in [7, 11) is 0. The number of fused-ring (bicyclic) bond motifs is 3. The van der Waals surface area contributed by atoms with E-state index in [9.17, 15) is 14.4 Å². The lowest BCUT2D eigenvalue weighted by Gasteiger charge is -2.09. The summed E-state index contributed by atoms with van der Waals surface area (Å²) in [6.45, 7) is 2.28. The fourth-order valence-corrected chi connectivity index (χ4v) is 3.44. The van der Waals surface area contributed by atoms with Gasteiger partial charge in [-0.05, 0) is 54.4 Å². The molecule has 1 aliphatic carbocycles. The van der Waals surface area contributed by atoms with Crippen LogP contribution < -0.4 is 15.4 Å². The highest BCUT2D eigenvalue weighted by Crippen LogP contribution is 2.36. The van der Waals surface area contributed by atoms with Crippen molar-refractivity contribution in [3.8, 4) is 16.9 Å². The highest BCUT2D eigenvalue weighted by atomic mass is 16.5. The number of nitrogens with one attached hydrogen (secondary N) is 2. The highest BCUT2D eigenvalue weighted by Gasteiger charge is 2.27. The van der Waals surface area contributed by atoms with Crippen LogP contribution in [0.4, 0.5) is 5.69 Å². The zero-order valence-electron chi connectivity index (χ0n) is 16.4. The lowest BCUT2D eigenvalue weighted by atomic mass is 10.0. The quantitative estimate of drug-likeness (QED) is 0.517. The molecule has 0 fully saturated rings. The van der Waals surface area contributed by atoms with Gasteiger partial charge in [-0.3, -0.25) is 14.4 Å². The lowest BCUT2D eigenvalue weighted by molar-refractivity contribution is -0.115. The Hall–Kier alpha value is -3.93. The van der Waals surface area contributed by atoms with Crippen LogP contribution in [0.15, 0.2) is 66.7 Å². The molecule has 0 atom stereocenters. The molecule has 0 saturated heterocycles. The Morgan fingerprint density at radius 1 is 0.867 bits per heavy atom. The van der Waals surface area contributed by atoms with Crippen molar-refractivity contribution in [2.24, 2.45) is 0 Å². The Kier molecular flexibility index (Phi) is 5.30. The molecule has 6 nitrogen and oxygen atoms in total. The molecule has 0 spiro atoms. The van der Waals surface area contributed by atoms with Crippen LogP contribution in [0.5, 0.6) is 5.75 Å². The van der Waals surface area contributed by atoms with E-state index in [4.69, 9.17) is 4.74 Å². The topological polar surface area (TPSA) is 84.5 Å². The number of ketones is 1. The van der Waals surface area contributed by atoms with E-state index >= 15 is 0 Å². The Morgan fingerprint density at radius 3 is 2.30 bits per heavy atom. The first-order chi connectivity index (χ1) is 14.6. The number of benzene rings is 3. The van der Waals surface area contributed by atoms with Gasteiger partial charge in [-0.2, -0.15) is 0 Å². The monoisotopic (exact) mass is 400 g/mol. The average Bonchev–Trinajstić information content (AvgIpc) is 3.05. The Balaban J connectivity index is 1.38. The molecule has 0 saturated carbocycles. The van der Waals surface area contributed by atoms with Gasteiger partial charge >= 0.3 is 0 Å². The summed E-state index contributed by atoms with van der Waals surface area (Å²) in [4.78, 5) is 37.2. The van der Waals surface area contributed by atoms with E-state index in [1.54, 1.807) is 48.5 Å². The molecule has 0 aliphatic heterocycles. The maximum absolute atomic E-state index is 12.6. The van der Waals surface area contributed by atoms with E-state index in [1.165, 1.54) is 0 Å². The first-order valence-electron chi connectivity index (χ1n) is 9.66. The van der Waals surface area contributed by atoms with E-state index in [2.05, 4.69) is 10.6 Å². The largest absolute Gasteiger partial charge is 0.494 e.